The van der Waals surface area contributed by atoms with Gasteiger partial charge in [-0.25, -0.2) is 0 Å². The Kier molecular flexibility index (Phi) is 5.41. The standard InChI is InChI=1S/C12H23N3O2/c1-3-14-10(16)5-8-15-11(17)12(2)6-4-7-13-9-12/h13H,3-9H2,1-2H3,(H,14,16)(H,15,17). The van der Waals surface area contributed by atoms with E-state index in [0.29, 0.717) is 19.5 Å². The van der Waals surface area contributed by atoms with E-state index in [-0.39, 0.29) is 17.2 Å². The Bertz CT molecular complexity index is 273. The van der Waals surface area contributed by atoms with Crippen LogP contribution in [0.5, 0.6) is 0 Å². The lowest BCUT2D eigenvalue weighted by atomic mass is 9.82. The summed E-state index contributed by atoms with van der Waals surface area (Å²) in [7, 11) is 0. The Balaban J connectivity index is 2.26. The molecule has 2 amide bonds. The highest BCUT2D eigenvalue weighted by Gasteiger charge is 2.34. The fourth-order valence-electron chi connectivity index (χ4n) is 2.04. The van der Waals surface area contributed by atoms with Crippen molar-refractivity contribution < 1.29 is 9.59 Å². The minimum absolute atomic E-state index is 0.0141. The molecule has 0 aliphatic carbocycles. The average Bonchev–Trinajstić information content (AvgIpc) is 2.30. The molecular formula is C12H23N3O2. The van der Waals surface area contributed by atoms with Crippen LogP contribution in [0.3, 0.4) is 0 Å². The number of rotatable bonds is 5. The van der Waals surface area contributed by atoms with Crippen LogP contribution in [0.4, 0.5) is 0 Å². The molecular weight excluding hydrogens is 218 g/mol. The molecule has 1 fully saturated rings. The number of carbonyl (C=O) groups is 2. The normalized spacial score (nSPS) is 24.1. The molecule has 1 rings (SSSR count). The van der Waals surface area contributed by atoms with E-state index in [9.17, 15) is 9.59 Å². The zero-order chi connectivity index (χ0) is 12.7. The van der Waals surface area contributed by atoms with Crippen molar-refractivity contribution in [1.82, 2.24) is 16.0 Å². The highest BCUT2D eigenvalue weighted by atomic mass is 16.2. The molecule has 5 heteroatoms. The zero-order valence-corrected chi connectivity index (χ0v) is 10.8. The van der Waals surface area contributed by atoms with Gasteiger partial charge in [-0.05, 0) is 33.2 Å². The third-order valence-corrected chi connectivity index (χ3v) is 3.16. The third kappa shape index (κ3) is 4.34. The Morgan fingerprint density at radius 2 is 2.12 bits per heavy atom. The van der Waals surface area contributed by atoms with Gasteiger partial charge in [-0.1, -0.05) is 0 Å². The summed E-state index contributed by atoms with van der Waals surface area (Å²) in [5, 5.41) is 8.78. The van der Waals surface area contributed by atoms with Crippen molar-refractivity contribution >= 4 is 11.8 Å². The van der Waals surface area contributed by atoms with Crippen molar-refractivity contribution in [3.63, 3.8) is 0 Å². The number of carbonyl (C=O) groups excluding carboxylic acids is 2. The first kappa shape index (κ1) is 14.0. The lowest BCUT2D eigenvalue weighted by Gasteiger charge is -2.32. The van der Waals surface area contributed by atoms with Crippen LogP contribution in [-0.2, 0) is 9.59 Å². The molecule has 3 N–H and O–H groups in total. The molecule has 1 heterocycles. The quantitative estimate of drug-likeness (QED) is 0.635. The molecule has 0 radical (unpaired) electrons. The molecule has 1 atom stereocenters. The van der Waals surface area contributed by atoms with Gasteiger partial charge >= 0.3 is 0 Å². The van der Waals surface area contributed by atoms with Gasteiger partial charge in [0.25, 0.3) is 0 Å². The van der Waals surface area contributed by atoms with Crippen LogP contribution in [-0.4, -0.2) is 38.0 Å². The van der Waals surface area contributed by atoms with Crippen LogP contribution >= 0.6 is 0 Å². The number of amides is 2. The summed E-state index contributed by atoms with van der Waals surface area (Å²) in [5.41, 5.74) is -0.320. The Morgan fingerprint density at radius 3 is 2.71 bits per heavy atom. The monoisotopic (exact) mass is 241 g/mol. The molecule has 0 aromatic rings. The van der Waals surface area contributed by atoms with Gasteiger partial charge in [-0.15, -0.1) is 0 Å². The number of piperidine rings is 1. The Hall–Kier alpha value is -1.10. The van der Waals surface area contributed by atoms with Crippen LogP contribution in [0.1, 0.15) is 33.1 Å². The number of hydrogen-bond donors (Lipinski definition) is 3. The van der Waals surface area contributed by atoms with Crippen molar-refractivity contribution in [2.24, 2.45) is 5.41 Å². The van der Waals surface area contributed by atoms with E-state index in [2.05, 4.69) is 16.0 Å². The minimum atomic E-state index is -0.320. The second kappa shape index (κ2) is 6.59. The molecule has 0 aromatic heterocycles. The third-order valence-electron chi connectivity index (χ3n) is 3.16. The van der Waals surface area contributed by atoms with E-state index >= 15 is 0 Å². The largest absolute Gasteiger partial charge is 0.356 e. The molecule has 0 bridgehead atoms. The first-order valence-electron chi connectivity index (χ1n) is 6.34. The molecule has 1 aliphatic rings. The predicted molar refractivity (Wildman–Crippen MR) is 66.5 cm³/mol. The smallest absolute Gasteiger partial charge is 0.227 e. The van der Waals surface area contributed by atoms with E-state index in [0.717, 1.165) is 25.9 Å². The van der Waals surface area contributed by atoms with Gasteiger partial charge in [0.05, 0.1) is 5.41 Å². The maximum Gasteiger partial charge on any atom is 0.227 e. The van der Waals surface area contributed by atoms with Crippen molar-refractivity contribution in [3.05, 3.63) is 0 Å². The van der Waals surface area contributed by atoms with E-state index in [1.165, 1.54) is 0 Å². The van der Waals surface area contributed by atoms with Crippen LogP contribution in [0.2, 0.25) is 0 Å². The first-order chi connectivity index (χ1) is 8.08. The lowest BCUT2D eigenvalue weighted by Crippen LogP contribution is -2.49. The number of hydrogen-bond acceptors (Lipinski definition) is 3. The molecule has 1 saturated heterocycles. The fraction of sp³-hybridized carbons (Fsp3) is 0.833. The van der Waals surface area contributed by atoms with E-state index in [4.69, 9.17) is 0 Å². The summed E-state index contributed by atoms with van der Waals surface area (Å²) >= 11 is 0. The molecule has 17 heavy (non-hydrogen) atoms. The van der Waals surface area contributed by atoms with Crippen molar-refractivity contribution in [2.45, 2.75) is 33.1 Å². The van der Waals surface area contributed by atoms with Gasteiger partial charge in [0.1, 0.15) is 0 Å². The Labute approximate surface area is 103 Å². The van der Waals surface area contributed by atoms with Gasteiger partial charge in [-0.3, -0.25) is 9.59 Å². The second-order valence-corrected chi connectivity index (χ2v) is 4.80. The molecule has 5 nitrogen and oxygen atoms in total. The van der Waals surface area contributed by atoms with E-state index in [1.807, 2.05) is 13.8 Å². The van der Waals surface area contributed by atoms with Gasteiger partial charge < -0.3 is 16.0 Å². The maximum absolute atomic E-state index is 12.0. The summed E-state index contributed by atoms with van der Waals surface area (Å²) < 4.78 is 0. The molecule has 1 unspecified atom stereocenters. The molecule has 0 aromatic carbocycles. The summed E-state index contributed by atoms with van der Waals surface area (Å²) in [5.74, 6) is 0.0359. The van der Waals surface area contributed by atoms with Gasteiger partial charge in [0.15, 0.2) is 0 Å². The molecule has 0 spiro atoms. The first-order valence-corrected chi connectivity index (χ1v) is 6.34. The molecule has 1 aliphatic heterocycles. The second-order valence-electron chi connectivity index (χ2n) is 4.80. The predicted octanol–water partition coefficient (Wildman–Crippen LogP) is 0.0185. The van der Waals surface area contributed by atoms with Gasteiger partial charge in [-0.2, -0.15) is 0 Å². The Morgan fingerprint density at radius 1 is 1.35 bits per heavy atom. The summed E-state index contributed by atoms with van der Waals surface area (Å²) in [6.45, 7) is 6.61. The summed E-state index contributed by atoms with van der Waals surface area (Å²) in [4.78, 5) is 23.2. The molecule has 98 valence electrons. The topological polar surface area (TPSA) is 70.2 Å². The number of nitrogens with one attached hydrogen (secondary N) is 3. The highest BCUT2D eigenvalue weighted by molar-refractivity contribution is 5.83. The van der Waals surface area contributed by atoms with Gasteiger partial charge in [0.2, 0.25) is 11.8 Å². The van der Waals surface area contributed by atoms with Crippen molar-refractivity contribution in [1.29, 1.82) is 0 Å². The van der Waals surface area contributed by atoms with Crippen molar-refractivity contribution in [3.8, 4) is 0 Å². The summed E-state index contributed by atoms with van der Waals surface area (Å²) in [6.07, 6.45) is 2.29. The highest BCUT2D eigenvalue weighted by Crippen LogP contribution is 2.25. The average molecular weight is 241 g/mol. The van der Waals surface area contributed by atoms with Crippen LogP contribution in [0.15, 0.2) is 0 Å². The van der Waals surface area contributed by atoms with Crippen LogP contribution < -0.4 is 16.0 Å². The zero-order valence-electron chi connectivity index (χ0n) is 10.8. The van der Waals surface area contributed by atoms with Crippen molar-refractivity contribution in [2.75, 3.05) is 26.2 Å². The summed E-state index contributed by atoms with van der Waals surface area (Å²) in [6, 6.07) is 0. The van der Waals surface area contributed by atoms with E-state index in [1.54, 1.807) is 0 Å². The fourth-order valence-corrected chi connectivity index (χ4v) is 2.04. The van der Waals surface area contributed by atoms with Crippen LogP contribution in [0.25, 0.3) is 0 Å². The molecule has 0 saturated carbocycles. The van der Waals surface area contributed by atoms with E-state index < -0.39 is 0 Å². The van der Waals surface area contributed by atoms with Crippen LogP contribution in [0, 0.1) is 5.41 Å². The van der Waals surface area contributed by atoms with Gasteiger partial charge in [0, 0.05) is 26.1 Å². The maximum atomic E-state index is 12.0. The minimum Gasteiger partial charge on any atom is -0.356 e. The lowest BCUT2D eigenvalue weighted by molar-refractivity contribution is -0.131. The SMILES string of the molecule is CCNC(=O)CCNC(=O)C1(C)CCCNC1.